The van der Waals surface area contributed by atoms with Gasteiger partial charge in [0.25, 0.3) is 0 Å². The van der Waals surface area contributed by atoms with E-state index < -0.39 is 6.04 Å². The lowest BCUT2D eigenvalue weighted by Crippen LogP contribution is -2.49. The van der Waals surface area contributed by atoms with Crippen LogP contribution in [-0.2, 0) is 21.9 Å². The summed E-state index contributed by atoms with van der Waals surface area (Å²) < 4.78 is 5.19. The van der Waals surface area contributed by atoms with Crippen LogP contribution in [0.2, 0.25) is 5.02 Å². The van der Waals surface area contributed by atoms with E-state index in [1.54, 1.807) is 35.9 Å². The molecule has 174 valence electrons. The summed E-state index contributed by atoms with van der Waals surface area (Å²) in [6.07, 6.45) is 2.48. The summed E-state index contributed by atoms with van der Waals surface area (Å²) in [4.78, 5) is 27.8. The third-order valence-corrected chi connectivity index (χ3v) is 6.38. The molecule has 0 bridgehead atoms. The SMILES string of the molecule is CCCCNC(=O)[C@H](CC)N(Cc1ccc(Cl)cc1)C(=O)CSCc1ccc(OC)cc1. The van der Waals surface area contributed by atoms with Gasteiger partial charge in [-0.2, -0.15) is 0 Å². The quantitative estimate of drug-likeness (QED) is 0.398. The minimum atomic E-state index is -0.503. The highest BCUT2D eigenvalue weighted by Gasteiger charge is 2.28. The Morgan fingerprint density at radius 3 is 2.31 bits per heavy atom. The molecule has 0 saturated heterocycles. The summed E-state index contributed by atoms with van der Waals surface area (Å²) in [6, 6.07) is 14.7. The van der Waals surface area contributed by atoms with Gasteiger partial charge in [-0.15, -0.1) is 11.8 Å². The van der Waals surface area contributed by atoms with Crippen LogP contribution in [0.15, 0.2) is 48.5 Å². The Labute approximate surface area is 200 Å². The normalized spacial score (nSPS) is 11.6. The lowest BCUT2D eigenvalue weighted by molar-refractivity contribution is -0.139. The molecule has 0 aliphatic rings. The smallest absolute Gasteiger partial charge is 0.242 e. The van der Waals surface area contributed by atoms with Gasteiger partial charge in [-0.1, -0.05) is 56.1 Å². The Hall–Kier alpha value is -2.18. The van der Waals surface area contributed by atoms with Crippen molar-refractivity contribution in [2.24, 2.45) is 0 Å². The molecule has 1 atom stereocenters. The van der Waals surface area contributed by atoms with E-state index >= 15 is 0 Å². The fraction of sp³-hybridized carbons (Fsp3) is 0.440. The van der Waals surface area contributed by atoms with E-state index in [0.717, 1.165) is 29.7 Å². The van der Waals surface area contributed by atoms with E-state index in [1.165, 1.54) is 0 Å². The van der Waals surface area contributed by atoms with E-state index in [4.69, 9.17) is 16.3 Å². The number of methoxy groups -OCH3 is 1. The maximum Gasteiger partial charge on any atom is 0.242 e. The first kappa shape index (κ1) is 26.1. The molecule has 2 aromatic carbocycles. The van der Waals surface area contributed by atoms with E-state index in [2.05, 4.69) is 12.2 Å². The summed E-state index contributed by atoms with van der Waals surface area (Å²) in [7, 11) is 1.64. The van der Waals surface area contributed by atoms with Gasteiger partial charge in [0.1, 0.15) is 11.8 Å². The molecule has 0 heterocycles. The number of hydrogen-bond acceptors (Lipinski definition) is 4. The third kappa shape index (κ3) is 8.40. The molecule has 2 aromatic rings. The number of nitrogens with one attached hydrogen (secondary N) is 1. The molecule has 0 aliphatic heterocycles. The largest absolute Gasteiger partial charge is 0.497 e. The Balaban J connectivity index is 2.07. The van der Waals surface area contributed by atoms with Gasteiger partial charge in [0, 0.05) is 23.9 Å². The Morgan fingerprint density at radius 2 is 1.72 bits per heavy atom. The molecular weight excluding hydrogens is 444 g/mol. The lowest BCUT2D eigenvalue weighted by Gasteiger charge is -2.30. The van der Waals surface area contributed by atoms with Crippen LogP contribution < -0.4 is 10.1 Å². The summed E-state index contributed by atoms with van der Waals surface area (Å²) in [5.41, 5.74) is 2.07. The molecule has 0 radical (unpaired) electrons. The molecule has 32 heavy (non-hydrogen) atoms. The predicted molar refractivity (Wildman–Crippen MR) is 133 cm³/mol. The second-order valence-corrected chi connectivity index (χ2v) is 8.98. The number of hydrogen-bond donors (Lipinski definition) is 1. The number of nitrogens with zero attached hydrogens (tertiary/aromatic N) is 1. The van der Waals surface area contributed by atoms with Crippen LogP contribution in [0.25, 0.3) is 0 Å². The van der Waals surface area contributed by atoms with Crippen molar-refractivity contribution in [2.75, 3.05) is 19.4 Å². The molecule has 0 saturated carbocycles. The third-order valence-electron chi connectivity index (χ3n) is 5.13. The van der Waals surface area contributed by atoms with Crippen molar-refractivity contribution in [3.05, 3.63) is 64.7 Å². The molecule has 0 aromatic heterocycles. The second-order valence-electron chi connectivity index (χ2n) is 7.56. The number of halogens is 1. The number of carbonyl (C=O) groups is 2. The average Bonchev–Trinajstić information content (AvgIpc) is 2.80. The van der Waals surface area contributed by atoms with E-state index in [-0.39, 0.29) is 11.8 Å². The zero-order valence-corrected chi connectivity index (χ0v) is 20.7. The summed E-state index contributed by atoms with van der Waals surface area (Å²) in [6.45, 7) is 5.02. The van der Waals surface area contributed by atoms with Gasteiger partial charge in [0.2, 0.25) is 11.8 Å². The molecule has 5 nitrogen and oxygen atoms in total. The predicted octanol–water partition coefficient (Wildman–Crippen LogP) is 5.31. The zero-order chi connectivity index (χ0) is 23.3. The Bertz CT molecular complexity index is 843. The maximum absolute atomic E-state index is 13.2. The van der Waals surface area contributed by atoms with Gasteiger partial charge < -0.3 is 15.0 Å². The van der Waals surface area contributed by atoms with Crippen LogP contribution in [0.1, 0.15) is 44.2 Å². The van der Waals surface area contributed by atoms with Crippen molar-refractivity contribution in [1.82, 2.24) is 10.2 Å². The van der Waals surface area contributed by atoms with Gasteiger partial charge in [0.15, 0.2) is 0 Å². The molecule has 1 N–H and O–H groups in total. The number of benzene rings is 2. The minimum absolute atomic E-state index is 0.0454. The molecule has 0 unspecified atom stereocenters. The molecule has 2 amide bonds. The monoisotopic (exact) mass is 476 g/mol. The molecular formula is C25H33ClN2O3S. The van der Waals surface area contributed by atoms with Gasteiger partial charge in [-0.3, -0.25) is 9.59 Å². The van der Waals surface area contributed by atoms with Crippen molar-refractivity contribution >= 4 is 35.2 Å². The number of thioether (sulfide) groups is 1. The van der Waals surface area contributed by atoms with Gasteiger partial charge in [-0.05, 0) is 48.2 Å². The average molecular weight is 477 g/mol. The topological polar surface area (TPSA) is 58.6 Å². The number of ether oxygens (including phenoxy) is 1. The maximum atomic E-state index is 13.2. The fourth-order valence-electron chi connectivity index (χ4n) is 3.27. The second kappa shape index (κ2) is 14.1. The van der Waals surface area contributed by atoms with Crippen LogP contribution in [0.5, 0.6) is 5.75 Å². The fourth-order valence-corrected chi connectivity index (χ4v) is 4.27. The van der Waals surface area contributed by atoms with Gasteiger partial charge >= 0.3 is 0 Å². The summed E-state index contributed by atoms with van der Waals surface area (Å²) in [5, 5.41) is 3.63. The van der Waals surface area contributed by atoms with Crippen LogP contribution in [0.4, 0.5) is 0 Å². The molecule has 0 fully saturated rings. The van der Waals surface area contributed by atoms with E-state index in [9.17, 15) is 9.59 Å². The molecule has 2 rings (SSSR count). The first-order valence-corrected chi connectivity index (χ1v) is 12.5. The standard InChI is InChI=1S/C25H33ClN2O3S/c1-4-6-15-27-25(30)23(5-2)28(16-19-7-11-21(26)12-8-19)24(29)18-32-17-20-9-13-22(31-3)14-10-20/h7-14,23H,4-6,15-18H2,1-3H3,(H,27,30)/t23-/m0/s1. The van der Waals surface area contributed by atoms with E-state index in [1.807, 2.05) is 43.3 Å². The number of rotatable bonds is 13. The zero-order valence-electron chi connectivity index (χ0n) is 19.1. The number of amides is 2. The van der Waals surface area contributed by atoms with Gasteiger partial charge in [0.05, 0.1) is 12.9 Å². The van der Waals surface area contributed by atoms with Crippen LogP contribution >= 0.6 is 23.4 Å². The first-order chi connectivity index (χ1) is 15.5. The van der Waals surface area contributed by atoms with Crippen molar-refractivity contribution in [3.8, 4) is 5.75 Å². The number of unbranched alkanes of at least 4 members (excludes halogenated alkanes) is 1. The van der Waals surface area contributed by atoms with Crippen LogP contribution in [0, 0.1) is 0 Å². The van der Waals surface area contributed by atoms with Crippen molar-refractivity contribution in [2.45, 2.75) is 51.4 Å². The Kier molecular flexibility index (Phi) is 11.5. The van der Waals surface area contributed by atoms with Crippen molar-refractivity contribution in [3.63, 3.8) is 0 Å². The molecule has 7 heteroatoms. The van der Waals surface area contributed by atoms with E-state index in [0.29, 0.717) is 36.0 Å². The lowest BCUT2D eigenvalue weighted by atomic mass is 10.1. The highest BCUT2D eigenvalue weighted by molar-refractivity contribution is 7.99. The highest BCUT2D eigenvalue weighted by Crippen LogP contribution is 2.20. The molecule has 0 spiro atoms. The van der Waals surface area contributed by atoms with Crippen molar-refractivity contribution < 1.29 is 14.3 Å². The summed E-state index contributed by atoms with van der Waals surface area (Å²) in [5.74, 6) is 1.69. The highest BCUT2D eigenvalue weighted by atomic mass is 35.5. The van der Waals surface area contributed by atoms with Gasteiger partial charge in [-0.25, -0.2) is 0 Å². The molecule has 0 aliphatic carbocycles. The van der Waals surface area contributed by atoms with Crippen LogP contribution in [0.3, 0.4) is 0 Å². The van der Waals surface area contributed by atoms with Crippen LogP contribution in [-0.4, -0.2) is 42.2 Å². The first-order valence-electron chi connectivity index (χ1n) is 11.0. The minimum Gasteiger partial charge on any atom is -0.497 e. The van der Waals surface area contributed by atoms with Crippen molar-refractivity contribution in [1.29, 1.82) is 0 Å². The number of carbonyl (C=O) groups excluding carboxylic acids is 2. The Morgan fingerprint density at radius 1 is 1.06 bits per heavy atom. The summed E-state index contributed by atoms with van der Waals surface area (Å²) >= 11 is 7.56.